The van der Waals surface area contributed by atoms with Gasteiger partial charge in [-0.25, -0.2) is 13.1 Å². The van der Waals surface area contributed by atoms with Gasteiger partial charge in [0.2, 0.25) is 10.0 Å². The van der Waals surface area contributed by atoms with E-state index >= 15 is 0 Å². The van der Waals surface area contributed by atoms with Crippen molar-refractivity contribution in [2.45, 2.75) is 29.5 Å². The van der Waals surface area contributed by atoms with Crippen LogP contribution in [0.3, 0.4) is 0 Å². The molecule has 2 rings (SSSR count). The molecular weight excluding hydrogens is 284 g/mol. The Morgan fingerprint density at radius 3 is 2.79 bits per heavy atom. The Morgan fingerprint density at radius 2 is 2.11 bits per heavy atom. The SMILES string of the molecule is CNCCc1ccc(S(=O)(=O)NC2CCOCC2)s1. The molecule has 0 atom stereocenters. The fraction of sp³-hybridized carbons (Fsp3) is 0.667. The standard InChI is InChI=1S/C12H20N2O3S2/c1-13-7-4-11-2-3-12(18-11)19(15,16)14-10-5-8-17-9-6-10/h2-3,10,13-14H,4-9H2,1H3. The summed E-state index contributed by atoms with van der Waals surface area (Å²) in [6, 6.07) is 3.58. The molecule has 2 heterocycles. The zero-order valence-corrected chi connectivity index (χ0v) is 12.6. The third-order valence-corrected chi connectivity index (χ3v) is 6.22. The summed E-state index contributed by atoms with van der Waals surface area (Å²) >= 11 is 1.35. The van der Waals surface area contributed by atoms with Crippen molar-refractivity contribution in [3.63, 3.8) is 0 Å². The van der Waals surface area contributed by atoms with Crippen LogP contribution in [0.15, 0.2) is 16.3 Å². The van der Waals surface area contributed by atoms with Gasteiger partial charge in [0.15, 0.2) is 0 Å². The molecule has 0 aromatic carbocycles. The second kappa shape index (κ2) is 6.81. The molecule has 1 saturated heterocycles. The highest BCUT2D eigenvalue weighted by molar-refractivity contribution is 7.91. The molecule has 1 aliphatic rings. The van der Waals surface area contributed by atoms with Crippen molar-refractivity contribution >= 4 is 21.4 Å². The first-order valence-corrected chi connectivity index (χ1v) is 8.75. The lowest BCUT2D eigenvalue weighted by Gasteiger charge is -2.22. The number of hydrogen-bond acceptors (Lipinski definition) is 5. The van der Waals surface area contributed by atoms with Gasteiger partial charge in [0.05, 0.1) is 0 Å². The lowest BCUT2D eigenvalue weighted by molar-refractivity contribution is 0.0832. The van der Waals surface area contributed by atoms with E-state index in [4.69, 9.17) is 4.74 Å². The van der Waals surface area contributed by atoms with E-state index in [1.807, 2.05) is 13.1 Å². The molecule has 1 fully saturated rings. The van der Waals surface area contributed by atoms with Gasteiger partial charge in [-0.05, 0) is 45.0 Å². The number of rotatable bonds is 6. The highest BCUT2D eigenvalue weighted by atomic mass is 32.2. The number of likely N-dealkylation sites (N-methyl/N-ethyl adjacent to an activating group) is 1. The molecule has 0 amide bonds. The predicted octanol–water partition coefficient (Wildman–Crippen LogP) is 0.967. The summed E-state index contributed by atoms with van der Waals surface area (Å²) in [6.07, 6.45) is 2.35. The fourth-order valence-electron chi connectivity index (χ4n) is 1.98. The molecule has 7 heteroatoms. The van der Waals surface area contributed by atoms with Crippen LogP contribution in [0.1, 0.15) is 17.7 Å². The zero-order chi connectivity index (χ0) is 13.7. The van der Waals surface area contributed by atoms with E-state index in [-0.39, 0.29) is 6.04 Å². The van der Waals surface area contributed by atoms with E-state index < -0.39 is 10.0 Å². The summed E-state index contributed by atoms with van der Waals surface area (Å²) in [5.41, 5.74) is 0. The third-order valence-electron chi connectivity index (χ3n) is 3.07. The zero-order valence-electron chi connectivity index (χ0n) is 11.0. The van der Waals surface area contributed by atoms with Gasteiger partial charge in [-0.1, -0.05) is 0 Å². The van der Waals surface area contributed by atoms with E-state index in [9.17, 15) is 8.42 Å². The molecule has 19 heavy (non-hydrogen) atoms. The number of nitrogens with one attached hydrogen (secondary N) is 2. The second-order valence-corrected chi connectivity index (χ2v) is 7.69. The van der Waals surface area contributed by atoms with Gasteiger partial charge in [0.1, 0.15) is 4.21 Å². The van der Waals surface area contributed by atoms with Gasteiger partial charge in [0.25, 0.3) is 0 Å². The average Bonchev–Trinajstić information content (AvgIpc) is 2.86. The number of hydrogen-bond donors (Lipinski definition) is 2. The summed E-state index contributed by atoms with van der Waals surface area (Å²) in [4.78, 5) is 1.08. The van der Waals surface area contributed by atoms with Crippen LogP contribution in [0.4, 0.5) is 0 Å². The minimum atomic E-state index is -3.37. The molecule has 1 aliphatic heterocycles. The van der Waals surface area contributed by atoms with Crippen molar-refractivity contribution in [2.24, 2.45) is 0 Å². The smallest absolute Gasteiger partial charge is 0.250 e. The van der Waals surface area contributed by atoms with Gasteiger partial charge in [-0.2, -0.15) is 0 Å². The quantitative estimate of drug-likeness (QED) is 0.822. The molecule has 0 spiro atoms. The van der Waals surface area contributed by atoms with Crippen molar-refractivity contribution in [1.29, 1.82) is 0 Å². The maximum absolute atomic E-state index is 12.2. The first kappa shape index (κ1) is 14.9. The largest absolute Gasteiger partial charge is 0.381 e. The third kappa shape index (κ3) is 4.25. The maximum atomic E-state index is 12.2. The molecule has 108 valence electrons. The maximum Gasteiger partial charge on any atom is 0.250 e. The van der Waals surface area contributed by atoms with Crippen LogP contribution in [-0.2, 0) is 21.2 Å². The second-order valence-electron chi connectivity index (χ2n) is 4.58. The lowest BCUT2D eigenvalue weighted by Crippen LogP contribution is -2.38. The molecule has 1 aromatic rings. The summed E-state index contributed by atoms with van der Waals surface area (Å²) in [5, 5.41) is 3.06. The fourth-order valence-corrected chi connectivity index (χ4v) is 4.66. The Kier molecular flexibility index (Phi) is 5.35. The molecule has 0 aliphatic carbocycles. The summed E-state index contributed by atoms with van der Waals surface area (Å²) < 4.78 is 32.9. The summed E-state index contributed by atoms with van der Waals surface area (Å²) in [5.74, 6) is 0. The van der Waals surface area contributed by atoms with Crippen molar-refractivity contribution in [3.8, 4) is 0 Å². The lowest BCUT2D eigenvalue weighted by atomic mass is 10.1. The van der Waals surface area contributed by atoms with E-state index in [0.717, 1.165) is 30.7 Å². The van der Waals surface area contributed by atoms with Crippen LogP contribution in [0.2, 0.25) is 0 Å². The van der Waals surface area contributed by atoms with Crippen LogP contribution >= 0.6 is 11.3 Å². The number of sulfonamides is 1. The first-order chi connectivity index (χ1) is 9.12. The van der Waals surface area contributed by atoms with Crippen molar-refractivity contribution in [2.75, 3.05) is 26.8 Å². The Morgan fingerprint density at radius 1 is 1.37 bits per heavy atom. The van der Waals surface area contributed by atoms with Gasteiger partial charge in [-0.15, -0.1) is 11.3 Å². The predicted molar refractivity (Wildman–Crippen MR) is 76.1 cm³/mol. The molecule has 0 unspecified atom stereocenters. The molecule has 2 N–H and O–H groups in total. The summed E-state index contributed by atoms with van der Waals surface area (Å²) in [6.45, 7) is 2.11. The van der Waals surface area contributed by atoms with Crippen molar-refractivity contribution < 1.29 is 13.2 Å². The average molecular weight is 304 g/mol. The van der Waals surface area contributed by atoms with Gasteiger partial charge >= 0.3 is 0 Å². The molecule has 0 saturated carbocycles. The normalized spacial score (nSPS) is 17.7. The first-order valence-electron chi connectivity index (χ1n) is 6.45. The molecular formula is C12H20N2O3S2. The Balaban J connectivity index is 1.99. The van der Waals surface area contributed by atoms with Crippen molar-refractivity contribution in [1.82, 2.24) is 10.0 Å². The summed E-state index contributed by atoms with van der Waals surface area (Å²) in [7, 11) is -1.48. The Labute approximate surface area is 118 Å². The van der Waals surface area contributed by atoms with E-state index in [0.29, 0.717) is 17.4 Å². The minimum Gasteiger partial charge on any atom is -0.381 e. The van der Waals surface area contributed by atoms with Crippen LogP contribution < -0.4 is 10.0 Å². The number of ether oxygens (including phenoxy) is 1. The van der Waals surface area contributed by atoms with E-state index in [1.165, 1.54) is 11.3 Å². The minimum absolute atomic E-state index is 0.00149. The molecule has 1 aromatic heterocycles. The van der Waals surface area contributed by atoms with Gasteiger partial charge in [0, 0.05) is 24.1 Å². The van der Waals surface area contributed by atoms with Gasteiger partial charge in [-0.3, -0.25) is 0 Å². The molecule has 5 nitrogen and oxygen atoms in total. The van der Waals surface area contributed by atoms with Crippen molar-refractivity contribution in [3.05, 3.63) is 17.0 Å². The molecule has 0 bridgehead atoms. The van der Waals surface area contributed by atoms with Crippen LogP contribution in [0, 0.1) is 0 Å². The highest BCUT2D eigenvalue weighted by Crippen LogP contribution is 2.22. The van der Waals surface area contributed by atoms with Crippen LogP contribution in [0.25, 0.3) is 0 Å². The molecule has 0 radical (unpaired) electrons. The Bertz CT molecular complexity index is 493. The monoisotopic (exact) mass is 304 g/mol. The Hall–Kier alpha value is -0.470. The van der Waals surface area contributed by atoms with E-state index in [2.05, 4.69) is 10.0 Å². The van der Waals surface area contributed by atoms with Gasteiger partial charge < -0.3 is 10.1 Å². The highest BCUT2D eigenvalue weighted by Gasteiger charge is 2.23. The van der Waals surface area contributed by atoms with Crippen LogP contribution in [-0.4, -0.2) is 41.3 Å². The van der Waals surface area contributed by atoms with E-state index in [1.54, 1.807) is 6.07 Å². The topological polar surface area (TPSA) is 67.4 Å². The van der Waals surface area contributed by atoms with Crippen LogP contribution in [0.5, 0.6) is 0 Å². The number of thiophene rings is 1.